The van der Waals surface area contributed by atoms with E-state index < -0.39 is 10.0 Å². The van der Waals surface area contributed by atoms with Crippen molar-refractivity contribution in [3.63, 3.8) is 0 Å². The maximum atomic E-state index is 11.9. The van der Waals surface area contributed by atoms with Gasteiger partial charge in [0, 0.05) is 19.1 Å². The van der Waals surface area contributed by atoms with E-state index in [0.29, 0.717) is 12.6 Å². The molecule has 1 aromatic rings. The summed E-state index contributed by atoms with van der Waals surface area (Å²) in [4.78, 5) is 0. The normalized spacial score (nSPS) is 12.0. The summed E-state index contributed by atoms with van der Waals surface area (Å²) in [6.45, 7) is 7.57. The summed E-state index contributed by atoms with van der Waals surface area (Å²) in [7, 11) is -3.21. The number of benzene rings is 1. The summed E-state index contributed by atoms with van der Waals surface area (Å²) in [6, 6.07) is 8.17. The summed E-state index contributed by atoms with van der Waals surface area (Å²) in [6.07, 6.45) is 1.86. The topological polar surface area (TPSA) is 58.2 Å². The second-order valence-corrected chi connectivity index (χ2v) is 7.17. The predicted molar refractivity (Wildman–Crippen MR) is 84.0 cm³/mol. The minimum atomic E-state index is -3.21. The van der Waals surface area contributed by atoms with Gasteiger partial charge in [0.25, 0.3) is 0 Å². The van der Waals surface area contributed by atoms with Gasteiger partial charge in [0.15, 0.2) is 0 Å². The lowest BCUT2D eigenvalue weighted by molar-refractivity contribution is 0.577. The standard InChI is InChI=1S/C15H26N2O2S/c1-4-5-10-17-20(18,19)12-15-8-6-14(7-9-15)11-16-13(2)3/h6-9,13,16-17H,4-5,10-12H2,1-3H3. The molecule has 0 unspecified atom stereocenters. The Morgan fingerprint density at radius 1 is 1.10 bits per heavy atom. The SMILES string of the molecule is CCCCNS(=O)(=O)Cc1ccc(CNC(C)C)cc1. The van der Waals surface area contributed by atoms with Crippen molar-refractivity contribution in [1.82, 2.24) is 10.0 Å². The van der Waals surface area contributed by atoms with E-state index in [1.807, 2.05) is 31.2 Å². The molecule has 0 aliphatic rings. The zero-order valence-corrected chi connectivity index (χ0v) is 13.5. The number of rotatable bonds is 9. The molecule has 0 fully saturated rings. The molecular formula is C15H26N2O2S. The largest absolute Gasteiger partial charge is 0.310 e. The molecule has 20 heavy (non-hydrogen) atoms. The number of unbranched alkanes of at least 4 members (excludes halogenated alkanes) is 1. The first kappa shape index (κ1) is 17.1. The van der Waals surface area contributed by atoms with Crippen molar-refractivity contribution >= 4 is 10.0 Å². The third-order valence-corrected chi connectivity index (χ3v) is 4.30. The van der Waals surface area contributed by atoms with E-state index in [9.17, 15) is 8.42 Å². The molecular weight excluding hydrogens is 272 g/mol. The number of sulfonamides is 1. The van der Waals surface area contributed by atoms with Gasteiger partial charge in [-0.15, -0.1) is 0 Å². The van der Waals surface area contributed by atoms with Crippen LogP contribution in [0.1, 0.15) is 44.7 Å². The van der Waals surface area contributed by atoms with Crippen molar-refractivity contribution in [2.24, 2.45) is 0 Å². The molecule has 0 aliphatic carbocycles. The highest BCUT2D eigenvalue weighted by Crippen LogP contribution is 2.08. The highest BCUT2D eigenvalue weighted by atomic mass is 32.2. The van der Waals surface area contributed by atoms with Gasteiger partial charge in [-0.05, 0) is 17.5 Å². The van der Waals surface area contributed by atoms with Crippen molar-refractivity contribution in [2.75, 3.05) is 6.54 Å². The summed E-state index contributed by atoms with van der Waals surface area (Å²) >= 11 is 0. The van der Waals surface area contributed by atoms with Crippen LogP contribution in [0.4, 0.5) is 0 Å². The Morgan fingerprint density at radius 3 is 2.25 bits per heavy atom. The van der Waals surface area contributed by atoms with Crippen molar-refractivity contribution in [3.8, 4) is 0 Å². The quantitative estimate of drug-likeness (QED) is 0.688. The van der Waals surface area contributed by atoms with Crippen molar-refractivity contribution in [1.29, 1.82) is 0 Å². The fourth-order valence-electron chi connectivity index (χ4n) is 1.75. The Labute approximate surface area is 123 Å². The summed E-state index contributed by atoms with van der Waals surface area (Å²) < 4.78 is 26.3. The lowest BCUT2D eigenvalue weighted by Crippen LogP contribution is -2.26. The van der Waals surface area contributed by atoms with Gasteiger partial charge in [0.2, 0.25) is 10.0 Å². The van der Waals surface area contributed by atoms with Crippen LogP contribution in [0.25, 0.3) is 0 Å². The highest BCUT2D eigenvalue weighted by Gasteiger charge is 2.10. The van der Waals surface area contributed by atoms with Crippen LogP contribution >= 0.6 is 0 Å². The minimum absolute atomic E-state index is 0.0502. The van der Waals surface area contributed by atoms with Gasteiger partial charge in [-0.3, -0.25) is 0 Å². The first-order valence-corrected chi connectivity index (χ1v) is 8.86. The van der Waals surface area contributed by atoms with E-state index in [1.54, 1.807) is 0 Å². The average Bonchev–Trinajstić information content (AvgIpc) is 2.37. The van der Waals surface area contributed by atoms with Crippen molar-refractivity contribution in [3.05, 3.63) is 35.4 Å². The Kier molecular flexibility index (Phi) is 7.19. The zero-order chi connectivity index (χ0) is 15.0. The molecule has 0 amide bonds. The summed E-state index contributed by atoms with van der Waals surface area (Å²) in [5.74, 6) is 0.0502. The summed E-state index contributed by atoms with van der Waals surface area (Å²) in [5.41, 5.74) is 1.99. The Balaban J connectivity index is 2.52. The van der Waals surface area contributed by atoms with Crippen LogP contribution in [0.3, 0.4) is 0 Å². The number of nitrogens with one attached hydrogen (secondary N) is 2. The molecule has 2 N–H and O–H groups in total. The fraction of sp³-hybridized carbons (Fsp3) is 0.600. The molecule has 0 spiro atoms. The van der Waals surface area contributed by atoms with E-state index in [1.165, 1.54) is 5.56 Å². The first-order chi connectivity index (χ1) is 9.43. The van der Waals surface area contributed by atoms with Crippen LogP contribution in [0.15, 0.2) is 24.3 Å². The molecule has 114 valence electrons. The van der Waals surface area contributed by atoms with E-state index in [0.717, 1.165) is 24.9 Å². The van der Waals surface area contributed by atoms with Gasteiger partial charge < -0.3 is 5.32 Å². The van der Waals surface area contributed by atoms with E-state index in [2.05, 4.69) is 23.9 Å². The molecule has 0 heterocycles. The van der Waals surface area contributed by atoms with Gasteiger partial charge in [0.05, 0.1) is 5.75 Å². The lowest BCUT2D eigenvalue weighted by atomic mass is 10.1. The van der Waals surface area contributed by atoms with E-state index in [4.69, 9.17) is 0 Å². The van der Waals surface area contributed by atoms with Crippen LogP contribution in [0.2, 0.25) is 0 Å². The average molecular weight is 298 g/mol. The van der Waals surface area contributed by atoms with Gasteiger partial charge in [-0.2, -0.15) is 0 Å². The molecule has 0 bridgehead atoms. The van der Waals surface area contributed by atoms with Crippen LogP contribution in [0, 0.1) is 0 Å². The van der Waals surface area contributed by atoms with Gasteiger partial charge in [-0.1, -0.05) is 51.5 Å². The second-order valence-electron chi connectivity index (χ2n) is 5.36. The van der Waals surface area contributed by atoms with Crippen molar-refractivity contribution in [2.45, 2.75) is 52.0 Å². The Bertz CT molecular complexity index is 481. The maximum absolute atomic E-state index is 11.9. The highest BCUT2D eigenvalue weighted by molar-refractivity contribution is 7.88. The molecule has 0 aromatic heterocycles. The Hall–Kier alpha value is -0.910. The second kappa shape index (κ2) is 8.39. The molecule has 4 nitrogen and oxygen atoms in total. The first-order valence-electron chi connectivity index (χ1n) is 7.21. The fourth-order valence-corrected chi connectivity index (χ4v) is 2.94. The van der Waals surface area contributed by atoms with Gasteiger partial charge in [-0.25, -0.2) is 13.1 Å². The molecule has 0 saturated heterocycles. The van der Waals surface area contributed by atoms with Crippen molar-refractivity contribution < 1.29 is 8.42 Å². The smallest absolute Gasteiger partial charge is 0.215 e. The molecule has 0 atom stereocenters. The zero-order valence-electron chi connectivity index (χ0n) is 12.6. The predicted octanol–water partition coefficient (Wildman–Crippen LogP) is 2.40. The Morgan fingerprint density at radius 2 is 1.70 bits per heavy atom. The van der Waals surface area contributed by atoms with Crippen LogP contribution < -0.4 is 10.0 Å². The van der Waals surface area contributed by atoms with Crippen LogP contribution in [0.5, 0.6) is 0 Å². The van der Waals surface area contributed by atoms with Crippen LogP contribution in [-0.2, 0) is 22.3 Å². The van der Waals surface area contributed by atoms with Crippen LogP contribution in [-0.4, -0.2) is 21.0 Å². The third kappa shape index (κ3) is 7.03. The van der Waals surface area contributed by atoms with E-state index >= 15 is 0 Å². The number of hydrogen-bond acceptors (Lipinski definition) is 3. The molecule has 0 aliphatic heterocycles. The van der Waals surface area contributed by atoms with Gasteiger partial charge in [0.1, 0.15) is 0 Å². The summed E-state index contributed by atoms with van der Waals surface area (Å²) in [5, 5.41) is 3.33. The molecule has 1 aromatic carbocycles. The molecule has 5 heteroatoms. The monoisotopic (exact) mass is 298 g/mol. The molecule has 0 radical (unpaired) electrons. The third-order valence-electron chi connectivity index (χ3n) is 2.95. The van der Waals surface area contributed by atoms with Gasteiger partial charge >= 0.3 is 0 Å². The minimum Gasteiger partial charge on any atom is -0.310 e. The lowest BCUT2D eigenvalue weighted by Gasteiger charge is -2.09. The number of hydrogen-bond donors (Lipinski definition) is 2. The maximum Gasteiger partial charge on any atom is 0.215 e. The van der Waals surface area contributed by atoms with E-state index in [-0.39, 0.29) is 5.75 Å². The molecule has 1 rings (SSSR count). The molecule has 0 saturated carbocycles.